The topological polar surface area (TPSA) is 37.4 Å². The fourth-order valence-electron chi connectivity index (χ4n) is 4.68. The van der Waals surface area contributed by atoms with Crippen LogP contribution in [0.25, 0.3) is 0 Å². The molecule has 0 spiro atoms. The molecule has 4 rings (SSSR count). The smallest absolute Gasteiger partial charge is 0.241 e. The van der Waals surface area contributed by atoms with Gasteiger partial charge in [-0.1, -0.05) is 30.4 Å². The van der Waals surface area contributed by atoms with E-state index in [4.69, 9.17) is 0 Å². The van der Waals surface area contributed by atoms with Crippen molar-refractivity contribution < 1.29 is 9.59 Å². The normalized spacial score (nSPS) is 36.7. The second kappa shape index (κ2) is 3.85. The van der Waals surface area contributed by atoms with Gasteiger partial charge in [0.05, 0.1) is 17.0 Å². The molecule has 1 saturated carbocycles. The largest absolute Gasteiger partial charge is 0.274 e. The molecule has 1 aliphatic heterocycles. The van der Waals surface area contributed by atoms with E-state index in [1.807, 2.05) is 39.0 Å². The Balaban J connectivity index is 1.87. The minimum Gasteiger partial charge on any atom is -0.274 e. The van der Waals surface area contributed by atoms with Gasteiger partial charge in [0, 0.05) is 0 Å². The van der Waals surface area contributed by atoms with Gasteiger partial charge in [0.2, 0.25) is 11.8 Å². The van der Waals surface area contributed by atoms with Crippen molar-refractivity contribution in [3.05, 3.63) is 41.5 Å². The van der Waals surface area contributed by atoms with Crippen molar-refractivity contribution >= 4 is 17.5 Å². The minimum atomic E-state index is -0.536. The van der Waals surface area contributed by atoms with E-state index in [1.54, 1.807) is 0 Å². The van der Waals surface area contributed by atoms with E-state index in [1.165, 1.54) is 4.90 Å². The van der Waals surface area contributed by atoms with Crippen molar-refractivity contribution in [3.63, 3.8) is 0 Å². The highest BCUT2D eigenvalue weighted by Gasteiger charge is 2.67. The average Bonchev–Trinajstić information content (AvgIpc) is 3.06. The number of benzene rings is 1. The lowest BCUT2D eigenvalue weighted by Crippen LogP contribution is -2.38. The number of imide groups is 1. The van der Waals surface area contributed by atoms with Crippen LogP contribution in [0.1, 0.15) is 24.5 Å². The second-order valence-electron chi connectivity index (χ2n) is 6.87. The Bertz CT molecular complexity index is 685. The van der Waals surface area contributed by atoms with Crippen molar-refractivity contribution in [1.29, 1.82) is 0 Å². The van der Waals surface area contributed by atoms with Gasteiger partial charge in [0.15, 0.2) is 0 Å². The van der Waals surface area contributed by atoms with Crippen molar-refractivity contribution in [2.45, 2.75) is 27.2 Å². The van der Waals surface area contributed by atoms with Gasteiger partial charge in [-0.05, 0) is 50.2 Å². The Labute approximate surface area is 124 Å². The van der Waals surface area contributed by atoms with Crippen LogP contribution in [-0.4, -0.2) is 11.8 Å². The van der Waals surface area contributed by atoms with Gasteiger partial charge in [0.25, 0.3) is 0 Å². The summed E-state index contributed by atoms with van der Waals surface area (Å²) in [6.45, 7) is 5.91. The Morgan fingerprint density at radius 1 is 1.14 bits per heavy atom. The lowest BCUT2D eigenvalue weighted by molar-refractivity contribution is -0.127. The van der Waals surface area contributed by atoms with Crippen LogP contribution in [0.5, 0.6) is 0 Å². The van der Waals surface area contributed by atoms with Crippen molar-refractivity contribution in [3.8, 4) is 0 Å². The third kappa shape index (κ3) is 1.34. The number of allylic oxidation sites excluding steroid dienone is 2. The molecule has 3 aliphatic rings. The van der Waals surface area contributed by atoms with Crippen molar-refractivity contribution in [2.24, 2.45) is 23.2 Å². The monoisotopic (exact) mass is 281 g/mol. The number of para-hydroxylation sites is 1. The number of carbonyl (C=O) groups is 2. The number of amides is 2. The molecule has 0 aromatic heterocycles. The third-order valence-corrected chi connectivity index (χ3v) is 5.77. The van der Waals surface area contributed by atoms with E-state index in [9.17, 15) is 9.59 Å². The highest BCUT2D eigenvalue weighted by atomic mass is 16.2. The van der Waals surface area contributed by atoms with E-state index in [0.29, 0.717) is 0 Å². The average molecular weight is 281 g/mol. The Morgan fingerprint density at radius 2 is 1.81 bits per heavy atom. The summed E-state index contributed by atoms with van der Waals surface area (Å²) in [5, 5.41) is 0. The molecule has 4 atom stereocenters. The molecule has 1 saturated heterocycles. The zero-order chi connectivity index (χ0) is 14.9. The number of nitrogens with zero attached hydrogens (tertiary/aromatic N) is 1. The maximum absolute atomic E-state index is 13.1. The first-order valence-electron chi connectivity index (χ1n) is 7.59. The van der Waals surface area contributed by atoms with Crippen LogP contribution in [-0.2, 0) is 9.59 Å². The fourth-order valence-corrected chi connectivity index (χ4v) is 4.68. The van der Waals surface area contributed by atoms with Crippen LogP contribution >= 0.6 is 0 Å². The van der Waals surface area contributed by atoms with Gasteiger partial charge in [-0.3, -0.25) is 9.59 Å². The lowest BCUT2D eigenvalue weighted by atomic mass is 9.71. The molecule has 3 heteroatoms. The van der Waals surface area contributed by atoms with Gasteiger partial charge >= 0.3 is 0 Å². The number of hydrogen-bond acceptors (Lipinski definition) is 2. The SMILES string of the molecule is Cc1cccc(C)c1N1C(=O)[C@@H]2[C@@H]3C=C[C@@H](C3)[C@@]2(C)C1=O. The zero-order valence-electron chi connectivity index (χ0n) is 12.6. The second-order valence-corrected chi connectivity index (χ2v) is 6.87. The zero-order valence-corrected chi connectivity index (χ0v) is 12.6. The highest BCUT2D eigenvalue weighted by Crippen LogP contribution is 2.61. The molecule has 2 fully saturated rings. The summed E-state index contributed by atoms with van der Waals surface area (Å²) < 4.78 is 0. The number of aryl methyl sites for hydroxylation is 2. The number of rotatable bonds is 1. The minimum absolute atomic E-state index is 0.00301. The Morgan fingerprint density at radius 3 is 2.43 bits per heavy atom. The highest BCUT2D eigenvalue weighted by molar-refractivity contribution is 6.25. The summed E-state index contributed by atoms with van der Waals surface area (Å²) in [6.07, 6.45) is 5.23. The molecule has 3 nitrogen and oxygen atoms in total. The summed E-state index contributed by atoms with van der Waals surface area (Å²) in [5.41, 5.74) is 2.23. The van der Waals surface area contributed by atoms with Gasteiger partial charge < -0.3 is 0 Å². The predicted molar refractivity (Wildman–Crippen MR) is 80.7 cm³/mol. The first kappa shape index (κ1) is 12.8. The molecule has 1 heterocycles. The number of anilines is 1. The molecular weight excluding hydrogens is 262 g/mol. The summed E-state index contributed by atoms with van der Waals surface area (Å²) in [7, 11) is 0. The van der Waals surface area contributed by atoms with Crippen LogP contribution < -0.4 is 4.90 Å². The van der Waals surface area contributed by atoms with Crippen molar-refractivity contribution in [1.82, 2.24) is 0 Å². The maximum Gasteiger partial charge on any atom is 0.241 e. The van der Waals surface area contributed by atoms with E-state index in [2.05, 4.69) is 12.2 Å². The molecule has 21 heavy (non-hydrogen) atoms. The van der Waals surface area contributed by atoms with Crippen LogP contribution in [0.2, 0.25) is 0 Å². The molecule has 1 aromatic carbocycles. The van der Waals surface area contributed by atoms with Crippen molar-refractivity contribution in [2.75, 3.05) is 4.90 Å². The maximum atomic E-state index is 13.1. The van der Waals surface area contributed by atoms with Crippen LogP contribution in [0.3, 0.4) is 0 Å². The molecule has 2 aliphatic carbocycles. The molecule has 1 aromatic rings. The first-order chi connectivity index (χ1) is 9.96. The van der Waals surface area contributed by atoms with E-state index in [-0.39, 0.29) is 29.6 Å². The van der Waals surface area contributed by atoms with E-state index < -0.39 is 5.41 Å². The number of fused-ring (bicyclic) bond motifs is 5. The van der Waals surface area contributed by atoms with E-state index >= 15 is 0 Å². The quantitative estimate of drug-likeness (QED) is 0.586. The molecule has 2 bridgehead atoms. The van der Waals surface area contributed by atoms with Crippen LogP contribution in [0, 0.1) is 37.0 Å². The number of hydrogen-bond donors (Lipinski definition) is 0. The standard InChI is InChI=1S/C18H19NO2/c1-10-5-4-6-11(2)15(10)19-16(20)14-12-7-8-13(9-12)18(14,3)17(19)21/h4-8,12-14H,9H2,1-3H3/t12-,13+,14+,18-/m1/s1. The third-order valence-electron chi connectivity index (χ3n) is 5.77. The predicted octanol–water partition coefficient (Wildman–Crippen LogP) is 3.01. The molecule has 0 unspecified atom stereocenters. The Kier molecular flexibility index (Phi) is 2.35. The molecular formula is C18H19NO2. The van der Waals surface area contributed by atoms with Crippen LogP contribution in [0.4, 0.5) is 5.69 Å². The summed E-state index contributed by atoms with van der Waals surface area (Å²) in [5.74, 6) is 0.284. The van der Waals surface area contributed by atoms with E-state index in [0.717, 1.165) is 23.2 Å². The first-order valence-corrected chi connectivity index (χ1v) is 7.59. The molecule has 108 valence electrons. The summed E-state index contributed by atoms with van der Waals surface area (Å²) >= 11 is 0. The fraction of sp³-hybridized carbons (Fsp3) is 0.444. The Hall–Kier alpha value is -1.90. The van der Waals surface area contributed by atoms with Gasteiger partial charge in [-0.25, -0.2) is 4.90 Å². The number of carbonyl (C=O) groups excluding carboxylic acids is 2. The lowest BCUT2D eigenvalue weighted by Gasteiger charge is -2.28. The van der Waals surface area contributed by atoms with Gasteiger partial charge in [-0.15, -0.1) is 0 Å². The van der Waals surface area contributed by atoms with Gasteiger partial charge in [-0.2, -0.15) is 0 Å². The molecule has 2 amide bonds. The van der Waals surface area contributed by atoms with Crippen LogP contribution in [0.15, 0.2) is 30.4 Å². The summed E-state index contributed by atoms with van der Waals surface area (Å²) in [4.78, 5) is 27.5. The summed E-state index contributed by atoms with van der Waals surface area (Å²) in [6, 6.07) is 5.89. The molecule has 0 N–H and O–H groups in total. The molecule has 0 radical (unpaired) electrons. The van der Waals surface area contributed by atoms with Gasteiger partial charge in [0.1, 0.15) is 0 Å².